The van der Waals surface area contributed by atoms with Gasteiger partial charge in [-0.2, -0.15) is 0 Å². The summed E-state index contributed by atoms with van der Waals surface area (Å²) in [5, 5.41) is 9.29. The van der Waals surface area contributed by atoms with Crippen molar-refractivity contribution in [2.24, 2.45) is 0 Å². The normalized spacial score (nSPS) is 21.9. The smallest absolute Gasteiger partial charge is 0.0835 e. The summed E-state index contributed by atoms with van der Waals surface area (Å²) in [5.74, 6) is 0. The van der Waals surface area contributed by atoms with E-state index in [1.165, 1.54) is 32.2 Å². The van der Waals surface area contributed by atoms with Crippen LogP contribution < -0.4 is 0 Å². The van der Waals surface area contributed by atoms with E-state index in [4.69, 9.17) is 0 Å². The molecule has 1 aromatic rings. The molecule has 0 aromatic carbocycles. The molecule has 1 aliphatic heterocycles. The second-order valence-corrected chi connectivity index (χ2v) is 5.62. The van der Waals surface area contributed by atoms with Crippen LogP contribution in [0.1, 0.15) is 31.4 Å². The number of alkyl halides is 1. The lowest BCUT2D eigenvalue weighted by Crippen LogP contribution is -2.36. The Morgan fingerprint density at radius 3 is 3.12 bits per heavy atom. The van der Waals surface area contributed by atoms with Gasteiger partial charge in [-0.3, -0.25) is 4.68 Å². The quantitative estimate of drug-likeness (QED) is 0.781. The van der Waals surface area contributed by atoms with Gasteiger partial charge in [0, 0.05) is 30.5 Å². The van der Waals surface area contributed by atoms with Crippen LogP contribution in [0.25, 0.3) is 0 Å². The molecule has 1 saturated heterocycles. The zero-order chi connectivity index (χ0) is 12.1. The maximum absolute atomic E-state index is 4.17. The summed E-state index contributed by atoms with van der Waals surface area (Å²) >= 11 is 3.42. The number of piperidine rings is 1. The molecule has 5 heteroatoms. The fourth-order valence-corrected chi connectivity index (χ4v) is 2.86. The molecular weight excluding hydrogens is 280 g/mol. The van der Waals surface area contributed by atoms with Crippen molar-refractivity contribution >= 4 is 15.9 Å². The Morgan fingerprint density at radius 1 is 1.47 bits per heavy atom. The van der Waals surface area contributed by atoms with Crippen molar-refractivity contribution < 1.29 is 0 Å². The molecule has 0 spiro atoms. The molecule has 0 bridgehead atoms. The second kappa shape index (κ2) is 6.50. The highest BCUT2D eigenvalue weighted by atomic mass is 79.9. The first kappa shape index (κ1) is 13.0. The molecule has 0 N–H and O–H groups in total. The van der Waals surface area contributed by atoms with E-state index in [1.807, 2.05) is 4.68 Å². The third-order valence-electron chi connectivity index (χ3n) is 3.55. The summed E-state index contributed by atoms with van der Waals surface area (Å²) in [5.41, 5.74) is 1.08. The van der Waals surface area contributed by atoms with E-state index in [0.717, 1.165) is 30.0 Å². The van der Waals surface area contributed by atoms with E-state index in [-0.39, 0.29) is 0 Å². The predicted octanol–water partition coefficient (Wildman–Crippen LogP) is 2.09. The highest BCUT2D eigenvalue weighted by Crippen LogP contribution is 2.18. The van der Waals surface area contributed by atoms with Gasteiger partial charge in [0.2, 0.25) is 0 Å². The molecule has 1 fully saturated rings. The molecule has 0 aliphatic carbocycles. The molecular formula is C12H21BrN4. The summed E-state index contributed by atoms with van der Waals surface area (Å²) in [6, 6.07) is 0.729. The fraction of sp³-hybridized carbons (Fsp3) is 0.833. The minimum absolute atomic E-state index is 0.729. The van der Waals surface area contributed by atoms with Gasteiger partial charge in [0.1, 0.15) is 0 Å². The van der Waals surface area contributed by atoms with Crippen molar-refractivity contribution in [2.75, 3.05) is 18.9 Å². The second-order valence-electron chi connectivity index (χ2n) is 4.83. The van der Waals surface area contributed by atoms with Crippen molar-refractivity contribution in [1.29, 1.82) is 0 Å². The molecule has 2 heterocycles. The minimum atomic E-state index is 0.729. The highest BCUT2D eigenvalue weighted by Gasteiger charge is 2.18. The first-order valence-electron chi connectivity index (χ1n) is 6.45. The Bertz CT molecular complexity index is 339. The Labute approximate surface area is 111 Å². The van der Waals surface area contributed by atoms with E-state index in [0.29, 0.717) is 0 Å². The predicted molar refractivity (Wildman–Crippen MR) is 72.4 cm³/mol. The lowest BCUT2D eigenvalue weighted by Gasteiger charge is -2.32. The van der Waals surface area contributed by atoms with Gasteiger partial charge in [-0.05, 0) is 32.9 Å². The van der Waals surface area contributed by atoms with Crippen LogP contribution in [-0.2, 0) is 13.0 Å². The van der Waals surface area contributed by atoms with Crippen LogP contribution in [0, 0.1) is 0 Å². The maximum atomic E-state index is 4.17. The zero-order valence-electron chi connectivity index (χ0n) is 10.5. The molecule has 0 amide bonds. The van der Waals surface area contributed by atoms with E-state index in [2.05, 4.69) is 44.4 Å². The summed E-state index contributed by atoms with van der Waals surface area (Å²) in [7, 11) is 2.24. The van der Waals surface area contributed by atoms with E-state index < -0.39 is 0 Å². The monoisotopic (exact) mass is 300 g/mol. The fourth-order valence-electron chi connectivity index (χ4n) is 2.45. The van der Waals surface area contributed by atoms with Gasteiger partial charge in [-0.1, -0.05) is 27.6 Å². The number of aryl methyl sites for hydroxylation is 2. The third-order valence-corrected chi connectivity index (χ3v) is 3.95. The summed E-state index contributed by atoms with van der Waals surface area (Å²) in [4.78, 5) is 2.49. The molecule has 96 valence electrons. The van der Waals surface area contributed by atoms with Crippen molar-refractivity contribution in [1.82, 2.24) is 19.9 Å². The highest BCUT2D eigenvalue weighted by molar-refractivity contribution is 9.09. The molecule has 4 nitrogen and oxygen atoms in total. The lowest BCUT2D eigenvalue weighted by molar-refractivity contribution is 0.169. The number of hydrogen-bond acceptors (Lipinski definition) is 3. The molecule has 1 atom stereocenters. The minimum Gasteiger partial charge on any atom is -0.303 e. The molecule has 0 radical (unpaired) electrons. The van der Waals surface area contributed by atoms with Gasteiger partial charge in [0.25, 0.3) is 0 Å². The van der Waals surface area contributed by atoms with Crippen LogP contribution in [-0.4, -0.2) is 44.9 Å². The Morgan fingerprint density at radius 2 is 2.35 bits per heavy atom. The topological polar surface area (TPSA) is 34.0 Å². The molecule has 2 rings (SSSR count). The first-order chi connectivity index (χ1) is 8.29. The number of hydrogen-bond donors (Lipinski definition) is 0. The van der Waals surface area contributed by atoms with E-state index >= 15 is 0 Å². The Balaban J connectivity index is 1.79. The first-order valence-corrected chi connectivity index (χ1v) is 7.57. The number of halogens is 1. The van der Waals surface area contributed by atoms with Gasteiger partial charge >= 0.3 is 0 Å². The Hall–Kier alpha value is -0.420. The standard InChI is InChI=1S/C12H21BrN4/c1-16-8-3-2-4-12(16)6-9-17-10-11(5-7-13)14-15-17/h10,12H,2-9H2,1H3. The van der Waals surface area contributed by atoms with Crippen molar-refractivity contribution in [3.63, 3.8) is 0 Å². The molecule has 1 unspecified atom stereocenters. The largest absolute Gasteiger partial charge is 0.303 e. The van der Waals surface area contributed by atoms with Crippen molar-refractivity contribution in [2.45, 2.75) is 44.7 Å². The SMILES string of the molecule is CN1CCCCC1CCn1cc(CCBr)nn1. The van der Waals surface area contributed by atoms with E-state index in [1.54, 1.807) is 0 Å². The zero-order valence-corrected chi connectivity index (χ0v) is 12.1. The number of rotatable bonds is 5. The lowest BCUT2D eigenvalue weighted by atomic mass is 10.0. The van der Waals surface area contributed by atoms with Crippen molar-refractivity contribution in [3.05, 3.63) is 11.9 Å². The van der Waals surface area contributed by atoms with E-state index in [9.17, 15) is 0 Å². The summed E-state index contributed by atoms with van der Waals surface area (Å²) in [6.45, 7) is 2.24. The summed E-state index contributed by atoms with van der Waals surface area (Å²) in [6.07, 6.45) is 8.29. The van der Waals surface area contributed by atoms with Crippen LogP contribution in [0.4, 0.5) is 0 Å². The van der Waals surface area contributed by atoms with Crippen LogP contribution in [0.5, 0.6) is 0 Å². The van der Waals surface area contributed by atoms with Gasteiger partial charge in [0.05, 0.1) is 5.69 Å². The number of nitrogens with zero attached hydrogens (tertiary/aromatic N) is 4. The van der Waals surface area contributed by atoms with Gasteiger partial charge < -0.3 is 4.90 Å². The van der Waals surface area contributed by atoms with Crippen molar-refractivity contribution in [3.8, 4) is 0 Å². The van der Waals surface area contributed by atoms with Crippen LogP contribution in [0.3, 0.4) is 0 Å². The Kier molecular flexibility index (Phi) is 4.98. The molecule has 1 aliphatic rings. The number of aromatic nitrogens is 3. The summed E-state index contributed by atoms with van der Waals surface area (Å²) < 4.78 is 1.99. The molecule has 1 aromatic heterocycles. The maximum Gasteiger partial charge on any atom is 0.0835 e. The van der Waals surface area contributed by atoms with Crippen LogP contribution >= 0.6 is 15.9 Å². The van der Waals surface area contributed by atoms with Crippen LogP contribution in [0.15, 0.2) is 6.20 Å². The van der Waals surface area contributed by atoms with Gasteiger partial charge in [-0.15, -0.1) is 5.10 Å². The average Bonchev–Trinajstić information content (AvgIpc) is 2.76. The van der Waals surface area contributed by atoms with Crippen LogP contribution in [0.2, 0.25) is 0 Å². The average molecular weight is 301 g/mol. The van der Waals surface area contributed by atoms with Gasteiger partial charge in [0.15, 0.2) is 0 Å². The molecule has 17 heavy (non-hydrogen) atoms. The number of likely N-dealkylation sites (tertiary alicyclic amines) is 1. The van der Waals surface area contributed by atoms with Gasteiger partial charge in [-0.25, -0.2) is 0 Å². The third kappa shape index (κ3) is 3.78. The molecule has 0 saturated carbocycles.